The Hall–Kier alpha value is -2.92. The smallest absolute Gasteiger partial charge is 0.271 e. The lowest BCUT2D eigenvalue weighted by Crippen LogP contribution is -2.17. The van der Waals surface area contributed by atoms with Gasteiger partial charge in [-0.3, -0.25) is 4.79 Å². The number of halogens is 1. The molecule has 0 saturated carbocycles. The molecule has 0 atom stereocenters. The minimum atomic E-state index is -0.247. The number of nitrogens with one attached hydrogen (secondary N) is 1. The lowest BCUT2D eigenvalue weighted by Gasteiger charge is -2.19. The van der Waals surface area contributed by atoms with Crippen LogP contribution < -0.4 is 10.3 Å². The highest BCUT2D eigenvalue weighted by Gasteiger charge is 2.04. The van der Waals surface area contributed by atoms with Crippen molar-refractivity contribution in [2.75, 3.05) is 11.9 Å². The van der Waals surface area contributed by atoms with Crippen molar-refractivity contribution in [2.24, 2.45) is 5.10 Å². The largest absolute Gasteiger partial charge is 0.345 e. The molecule has 1 amide bonds. The lowest BCUT2D eigenvalue weighted by atomic mass is 10.2. The number of para-hydroxylation sites is 1. The van der Waals surface area contributed by atoms with Crippen LogP contribution in [0.5, 0.6) is 0 Å². The van der Waals surface area contributed by atoms with Gasteiger partial charge in [-0.1, -0.05) is 52.3 Å². The van der Waals surface area contributed by atoms with Crippen LogP contribution in [0.25, 0.3) is 0 Å². The maximum Gasteiger partial charge on any atom is 0.271 e. The molecule has 0 aliphatic heterocycles. The van der Waals surface area contributed by atoms with Crippen LogP contribution >= 0.6 is 15.9 Å². The van der Waals surface area contributed by atoms with Gasteiger partial charge in [0.15, 0.2) is 0 Å². The van der Waals surface area contributed by atoms with Crippen LogP contribution in [0.2, 0.25) is 0 Å². The Labute approximate surface area is 161 Å². The van der Waals surface area contributed by atoms with Crippen molar-refractivity contribution in [3.63, 3.8) is 0 Å². The van der Waals surface area contributed by atoms with Gasteiger partial charge in [0.2, 0.25) is 0 Å². The Bertz CT molecular complexity index is 908. The zero-order chi connectivity index (χ0) is 18.4. The number of hydrogen-bond donors (Lipinski definition) is 1. The van der Waals surface area contributed by atoms with E-state index in [2.05, 4.69) is 43.5 Å². The number of anilines is 2. The van der Waals surface area contributed by atoms with Gasteiger partial charge in [0, 0.05) is 28.5 Å². The van der Waals surface area contributed by atoms with Gasteiger partial charge in [0.25, 0.3) is 5.91 Å². The summed E-state index contributed by atoms with van der Waals surface area (Å²) in [5, 5.41) is 4.03. The molecule has 0 fully saturated rings. The number of hydrogen-bond acceptors (Lipinski definition) is 3. The van der Waals surface area contributed by atoms with Crippen LogP contribution in [0.4, 0.5) is 11.4 Å². The standard InChI is InChI=1S/C21H18BrN3O/c1-25(19-8-3-2-4-9-19)20-12-10-16(11-13-20)15-23-24-21(26)17-6-5-7-18(22)14-17/h2-15H,1H3,(H,24,26). The number of rotatable bonds is 5. The monoisotopic (exact) mass is 407 g/mol. The lowest BCUT2D eigenvalue weighted by molar-refractivity contribution is 0.0955. The summed E-state index contributed by atoms with van der Waals surface area (Å²) in [7, 11) is 2.02. The van der Waals surface area contributed by atoms with Crippen molar-refractivity contribution in [2.45, 2.75) is 0 Å². The molecule has 5 heteroatoms. The Balaban J connectivity index is 1.62. The fourth-order valence-corrected chi connectivity index (χ4v) is 2.84. The fraction of sp³-hybridized carbons (Fsp3) is 0.0476. The van der Waals surface area contributed by atoms with E-state index in [0.29, 0.717) is 5.56 Å². The first-order chi connectivity index (χ1) is 12.6. The molecular weight excluding hydrogens is 390 g/mol. The van der Waals surface area contributed by atoms with Gasteiger partial charge in [0.05, 0.1) is 6.21 Å². The average Bonchev–Trinajstić information content (AvgIpc) is 2.68. The zero-order valence-electron chi connectivity index (χ0n) is 14.3. The Kier molecular flexibility index (Phi) is 5.81. The predicted molar refractivity (Wildman–Crippen MR) is 110 cm³/mol. The van der Waals surface area contributed by atoms with Crippen LogP contribution in [0.15, 0.2) is 88.4 Å². The Morgan fingerprint density at radius 2 is 1.65 bits per heavy atom. The normalized spacial score (nSPS) is 10.7. The van der Waals surface area contributed by atoms with Crippen LogP contribution in [-0.2, 0) is 0 Å². The van der Waals surface area contributed by atoms with Gasteiger partial charge in [-0.15, -0.1) is 0 Å². The summed E-state index contributed by atoms with van der Waals surface area (Å²) < 4.78 is 0.854. The number of amides is 1. The van der Waals surface area contributed by atoms with E-state index in [4.69, 9.17) is 0 Å². The molecule has 26 heavy (non-hydrogen) atoms. The molecule has 0 aliphatic carbocycles. The fourth-order valence-electron chi connectivity index (χ4n) is 2.44. The number of carbonyl (C=O) groups excluding carboxylic acids is 1. The molecule has 3 aromatic rings. The van der Waals surface area contributed by atoms with E-state index < -0.39 is 0 Å². The third-order valence-corrected chi connectivity index (χ3v) is 4.38. The molecule has 1 N–H and O–H groups in total. The van der Waals surface area contributed by atoms with Crippen LogP contribution in [0.1, 0.15) is 15.9 Å². The molecule has 0 spiro atoms. The molecular formula is C21H18BrN3O. The van der Waals surface area contributed by atoms with Crippen molar-refractivity contribution in [3.05, 3.63) is 94.5 Å². The predicted octanol–water partition coefficient (Wildman–Crippen LogP) is 4.98. The topological polar surface area (TPSA) is 44.7 Å². The van der Waals surface area contributed by atoms with E-state index in [-0.39, 0.29) is 5.91 Å². The summed E-state index contributed by atoms with van der Waals surface area (Å²) >= 11 is 3.35. The van der Waals surface area contributed by atoms with Gasteiger partial charge in [-0.2, -0.15) is 5.10 Å². The van der Waals surface area contributed by atoms with Crippen molar-refractivity contribution >= 4 is 39.4 Å². The van der Waals surface area contributed by atoms with Crippen LogP contribution in [0, 0.1) is 0 Å². The third-order valence-electron chi connectivity index (χ3n) is 3.89. The summed E-state index contributed by atoms with van der Waals surface area (Å²) in [6.07, 6.45) is 1.63. The molecule has 0 aromatic heterocycles. The minimum absolute atomic E-state index is 0.247. The first kappa shape index (κ1) is 17.9. The number of hydrazone groups is 1. The molecule has 130 valence electrons. The molecule has 3 aromatic carbocycles. The summed E-state index contributed by atoms with van der Waals surface area (Å²) in [4.78, 5) is 14.1. The van der Waals surface area contributed by atoms with Crippen molar-refractivity contribution in [3.8, 4) is 0 Å². The highest BCUT2D eigenvalue weighted by Crippen LogP contribution is 2.22. The average molecular weight is 408 g/mol. The zero-order valence-corrected chi connectivity index (χ0v) is 15.8. The molecule has 0 unspecified atom stereocenters. The van der Waals surface area contributed by atoms with Crippen molar-refractivity contribution in [1.82, 2.24) is 5.43 Å². The maximum absolute atomic E-state index is 12.0. The maximum atomic E-state index is 12.0. The van der Waals surface area contributed by atoms with Gasteiger partial charge in [0.1, 0.15) is 0 Å². The highest BCUT2D eigenvalue weighted by atomic mass is 79.9. The first-order valence-corrected chi connectivity index (χ1v) is 8.90. The molecule has 0 saturated heterocycles. The van der Waals surface area contributed by atoms with Crippen LogP contribution in [0.3, 0.4) is 0 Å². The quantitative estimate of drug-likeness (QED) is 0.478. The molecule has 0 aliphatic rings. The van der Waals surface area contributed by atoms with Gasteiger partial charge >= 0.3 is 0 Å². The first-order valence-electron chi connectivity index (χ1n) is 8.11. The summed E-state index contributed by atoms with van der Waals surface area (Å²) in [5.41, 5.74) is 6.19. The minimum Gasteiger partial charge on any atom is -0.345 e. The molecule has 3 rings (SSSR count). The van der Waals surface area contributed by atoms with Crippen molar-refractivity contribution in [1.29, 1.82) is 0 Å². The SMILES string of the molecule is CN(c1ccccc1)c1ccc(C=NNC(=O)c2cccc(Br)c2)cc1. The molecule has 4 nitrogen and oxygen atoms in total. The second-order valence-corrected chi connectivity index (χ2v) is 6.61. The molecule has 0 bridgehead atoms. The van der Waals surface area contributed by atoms with E-state index in [1.807, 2.05) is 61.6 Å². The second-order valence-electron chi connectivity index (χ2n) is 5.70. The third kappa shape index (κ3) is 4.58. The van der Waals surface area contributed by atoms with E-state index in [1.165, 1.54) is 0 Å². The van der Waals surface area contributed by atoms with E-state index in [0.717, 1.165) is 21.4 Å². The Morgan fingerprint density at radius 1 is 0.962 bits per heavy atom. The summed E-state index contributed by atoms with van der Waals surface area (Å²) in [6, 6.07) is 25.3. The number of carbonyl (C=O) groups is 1. The molecule has 0 radical (unpaired) electrons. The van der Waals surface area contributed by atoms with Crippen molar-refractivity contribution < 1.29 is 4.79 Å². The summed E-state index contributed by atoms with van der Waals surface area (Å²) in [5.74, 6) is -0.247. The highest BCUT2D eigenvalue weighted by molar-refractivity contribution is 9.10. The number of nitrogens with zero attached hydrogens (tertiary/aromatic N) is 2. The Morgan fingerprint density at radius 3 is 2.35 bits per heavy atom. The van der Waals surface area contributed by atoms with Gasteiger partial charge in [-0.25, -0.2) is 5.43 Å². The van der Waals surface area contributed by atoms with E-state index in [9.17, 15) is 4.79 Å². The van der Waals surface area contributed by atoms with E-state index >= 15 is 0 Å². The summed E-state index contributed by atoms with van der Waals surface area (Å²) in [6.45, 7) is 0. The van der Waals surface area contributed by atoms with Gasteiger partial charge < -0.3 is 4.90 Å². The number of benzene rings is 3. The second kappa shape index (κ2) is 8.45. The van der Waals surface area contributed by atoms with Crippen LogP contribution in [-0.4, -0.2) is 19.2 Å². The van der Waals surface area contributed by atoms with Gasteiger partial charge in [-0.05, 0) is 48.0 Å². The van der Waals surface area contributed by atoms with E-state index in [1.54, 1.807) is 18.3 Å². The molecule has 0 heterocycles.